The van der Waals surface area contributed by atoms with Crippen LogP contribution in [0.25, 0.3) is 40.2 Å². The van der Waals surface area contributed by atoms with Crippen LogP contribution in [0.15, 0.2) is 112 Å². The number of carbonyl (C=O) groups is 1. The normalized spacial score (nSPS) is 15.9. The largest absolute Gasteiger partial charge is 0.506 e. The lowest BCUT2D eigenvalue weighted by molar-refractivity contribution is -0.113. The molecule has 0 atom stereocenters. The SMILES string of the molecule is O=C1C(/C=c2\cccc3c2=Cc2ccccc2O3)=C(O)C/1=C\c1cccc2[o+]c3ccccc3cc12. The van der Waals surface area contributed by atoms with Crippen molar-refractivity contribution in [1.82, 2.24) is 0 Å². The molecule has 0 amide bonds. The first-order valence-corrected chi connectivity index (χ1v) is 11.7. The van der Waals surface area contributed by atoms with Gasteiger partial charge in [-0.2, -0.15) is 0 Å². The van der Waals surface area contributed by atoms with Crippen molar-refractivity contribution in [1.29, 1.82) is 0 Å². The molecular formula is C32H19O4+. The van der Waals surface area contributed by atoms with E-state index >= 15 is 0 Å². The van der Waals surface area contributed by atoms with Gasteiger partial charge in [0.2, 0.25) is 5.78 Å². The fraction of sp³-hybridized carbons (Fsp3) is 0. The van der Waals surface area contributed by atoms with Crippen molar-refractivity contribution in [3.8, 4) is 11.5 Å². The van der Waals surface area contributed by atoms with Crippen LogP contribution in [-0.4, -0.2) is 10.9 Å². The number of aliphatic hydroxyl groups is 1. The number of allylic oxidation sites excluding steroid dienone is 2. The fourth-order valence-electron chi connectivity index (χ4n) is 4.82. The summed E-state index contributed by atoms with van der Waals surface area (Å²) in [6.07, 6.45) is 5.50. The molecule has 5 aromatic rings. The van der Waals surface area contributed by atoms with Crippen LogP contribution in [-0.2, 0) is 4.79 Å². The van der Waals surface area contributed by atoms with Gasteiger partial charge in [-0.05, 0) is 53.3 Å². The molecule has 0 unspecified atom stereocenters. The van der Waals surface area contributed by atoms with Crippen molar-refractivity contribution >= 4 is 45.9 Å². The van der Waals surface area contributed by atoms with E-state index in [1.165, 1.54) is 0 Å². The molecule has 2 aliphatic rings. The number of carbonyl (C=O) groups excluding carboxylic acids is 1. The first-order chi connectivity index (χ1) is 17.7. The molecule has 7 rings (SSSR count). The summed E-state index contributed by atoms with van der Waals surface area (Å²) in [6, 6.07) is 29.1. The van der Waals surface area contributed by atoms with Crippen LogP contribution in [0.3, 0.4) is 0 Å². The Morgan fingerprint density at radius 3 is 2.47 bits per heavy atom. The lowest BCUT2D eigenvalue weighted by Gasteiger charge is -2.19. The van der Waals surface area contributed by atoms with E-state index in [1.807, 2.05) is 97.1 Å². The van der Waals surface area contributed by atoms with Gasteiger partial charge in [-0.1, -0.05) is 54.6 Å². The number of Topliss-reactive ketones (excluding diaryl/α,β-unsaturated/α-hetero) is 1. The smallest absolute Gasteiger partial charge is 0.361 e. The molecule has 0 fully saturated rings. The second kappa shape index (κ2) is 7.79. The van der Waals surface area contributed by atoms with Gasteiger partial charge in [0.05, 0.1) is 21.9 Å². The molecule has 2 heterocycles. The van der Waals surface area contributed by atoms with Gasteiger partial charge in [0.15, 0.2) is 0 Å². The number of para-hydroxylation sites is 2. The van der Waals surface area contributed by atoms with E-state index in [2.05, 4.69) is 0 Å². The van der Waals surface area contributed by atoms with E-state index in [4.69, 9.17) is 9.15 Å². The maximum absolute atomic E-state index is 13.1. The van der Waals surface area contributed by atoms with Gasteiger partial charge in [-0.3, -0.25) is 4.79 Å². The number of rotatable bonds is 2. The van der Waals surface area contributed by atoms with Crippen LogP contribution < -0.4 is 15.2 Å². The monoisotopic (exact) mass is 467 g/mol. The predicted octanol–water partition coefficient (Wildman–Crippen LogP) is 6.06. The van der Waals surface area contributed by atoms with Crippen LogP contribution in [0.1, 0.15) is 11.1 Å². The van der Waals surface area contributed by atoms with Crippen LogP contribution in [0.4, 0.5) is 0 Å². The van der Waals surface area contributed by atoms with E-state index in [0.717, 1.165) is 55.0 Å². The summed E-state index contributed by atoms with van der Waals surface area (Å²) in [5.41, 5.74) is 3.87. The first kappa shape index (κ1) is 20.4. The number of ether oxygens (including phenoxy) is 1. The third-order valence-electron chi connectivity index (χ3n) is 6.68. The number of aliphatic hydroxyl groups excluding tert-OH is 1. The van der Waals surface area contributed by atoms with Crippen molar-refractivity contribution < 1.29 is 19.1 Å². The molecule has 1 N–H and O–H groups in total. The third kappa shape index (κ3) is 3.16. The molecule has 36 heavy (non-hydrogen) atoms. The van der Waals surface area contributed by atoms with E-state index in [-0.39, 0.29) is 22.7 Å². The molecule has 0 saturated carbocycles. The van der Waals surface area contributed by atoms with Crippen LogP contribution in [0.2, 0.25) is 0 Å². The Labute approximate surface area is 206 Å². The van der Waals surface area contributed by atoms with E-state index < -0.39 is 0 Å². The standard InChI is InChI=1S/C32H18O4/c33-31-25(15-19-9-5-13-29-23(19)17-21-7-1-3-11-27(21)35-29)32(34)26(31)16-20-10-6-14-30-24(20)18-22-8-2-4-12-28(22)36-30/h1-18H/p+1. The molecule has 0 bridgehead atoms. The Morgan fingerprint density at radius 1 is 0.778 bits per heavy atom. The van der Waals surface area contributed by atoms with Crippen LogP contribution in [0.5, 0.6) is 11.5 Å². The van der Waals surface area contributed by atoms with E-state index in [0.29, 0.717) is 0 Å². The minimum Gasteiger partial charge on any atom is -0.506 e. The first-order valence-electron chi connectivity index (χ1n) is 11.7. The van der Waals surface area contributed by atoms with Crippen molar-refractivity contribution in [2.75, 3.05) is 0 Å². The maximum Gasteiger partial charge on any atom is 0.361 e. The number of fused-ring (bicyclic) bond motifs is 4. The number of ketones is 1. The molecule has 4 nitrogen and oxygen atoms in total. The average molecular weight is 468 g/mol. The van der Waals surface area contributed by atoms with Gasteiger partial charge >= 0.3 is 11.2 Å². The van der Waals surface area contributed by atoms with Gasteiger partial charge in [0.25, 0.3) is 0 Å². The predicted molar refractivity (Wildman–Crippen MR) is 141 cm³/mol. The van der Waals surface area contributed by atoms with Gasteiger partial charge in [0.1, 0.15) is 17.3 Å². The zero-order valence-corrected chi connectivity index (χ0v) is 19.1. The Hall–Kier alpha value is -4.96. The maximum atomic E-state index is 13.1. The Morgan fingerprint density at radius 2 is 1.56 bits per heavy atom. The molecule has 170 valence electrons. The van der Waals surface area contributed by atoms with Crippen molar-refractivity contribution in [2.24, 2.45) is 0 Å². The molecule has 0 radical (unpaired) electrons. The average Bonchev–Trinajstić information content (AvgIpc) is 2.92. The highest BCUT2D eigenvalue weighted by atomic mass is 16.5. The molecule has 4 heteroatoms. The topological polar surface area (TPSA) is 57.8 Å². The quantitative estimate of drug-likeness (QED) is 0.191. The lowest BCUT2D eigenvalue weighted by Crippen LogP contribution is -2.30. The van der Waals surface area contributed by atoms with Gasteiger partial charge in [-0.15, -0.1) is 0 Å². The van der Waals surface area contributed by atoms with E-state index in [9.17, 15) is 9.90 Å². The zero-order chi connectivity index (χ0) is 24.2. The molecule has 0 saturated heterocycles. The van der Waals surface area contributed by atoms with Gasteiger partial charge in [0, 0.05) is 22.9 Å². The lowest BCUT2D eigenvalue weighted by atomic mass is 9.85. The van der Waals surface area contributed by atoms with Crippen LogP contribution in [0, 0.1) is 0 Å². The Balaban J connectivity index is 1.34. The molecule has 4 aromatic carbocycles. The summed E-state index contributed by atoms with van der Waals surface area (Å²) in [5.74, 6) is 1.31. The van der Waals surface area contributed by atoms with Gasteiger partial charge < -0.3 is 9.84 Å². The number of benzene rings is 4. The van der Waals surface area contributed by atoms with Crippen molar-refractivity contribution in [3.05, 3.63) is 129 Å². The van der Waals surface area contributed by atoms with Crippen LogP contribution >= 0.6 is 0 Å². The second-order valence-electron chi connectivity index (χ2n) is 8.88. The highest BCUT2D eigenvalue weighted by molar-refractivity contribution is 6.26. The summed E-state index contributed by atoms with van der Waals surface area (Å²) >= 11 is 0. The minimum absolute atomic E-state index is 0.00976. The minimum atomic E-state index is -0.197. The summed E-state index contributed by atoms with van der Waals surface area (Å²) in [7, 11) is 0. The van der Waals surface area contributed by atoms with Gasteiger partial charge in [-0.25, -0.2) is 4.42 Å². The second-order valence-corrected chi connectivity index (χ2v) is 8.88. The molecular weight excluding hydrogens is 448 g/mol. The Kier molecular flexibility index (Phi) is 4.42. The number of hydrogen-bond acceptors (Lipinski definition) is 3. The molecule has 1 aromatic heterocycles. The fourth-order valence-corrected chi connectivity index (χ4v) is 4.82. The Bertz CT molecular complexity index is 1940. The summed E-state index contributed by atoms with van der Waals surface area (Å²) in [4.78, 5) is 13.1. The van der Waals surface area contributed by atoms with E-state index in [1.54, 1.807) is 12.2 Å². The highest BCUT2D eigenvalue weighted by Crippen LogP contribution is 2.34. The van der Waals surface area contributed by atoms with Crippen molar-refractivity contribution in [3.63, 3.8) is 0 Å². The molecule has 1 aliphatic heterocycles. The molecule has 1 aliphatic carbocycles. The summed E-state index contributed by atoms with van der Waals surface area (Å²) < 4.78 is 12.1. The summed E-state index contributed by atoms with van der Waals surface area (Å²) in [6.45, 7) is 0. The van der Waals surface area contributed by atoms with Crippen molar-refractivity contribution in [2.45, 2.75) is 0 Å². The third-order valence-corrected chi connectivity index (χ3v) is 6.68. The number of hydrogen-bond donors (Lipinski definition) is 1. The zero-order valence-electron chi connectivity index (χ0n) is 19.1. The summed E-state index contributed by atoms with van der Waals surface area (Å²) in [5, 5.41) is 14.4. The highest BCUT2D eigenvalue weighted by Gasteiger charge is 2.32. The molecule has 0 spiro atoms.